The molecule has 1 aromatic rings. The highest BCUT2D eigenvalue weighted by Crippen LogP contribution is 2.25. The van der Waals surface area contributed by atoms with Crippen molar-refractivity contribution in [3.05, 3.63) is 38.9 Å². The maximum absolute atomic E-state index is 12.3. The summed E-state index contributed by atoms with van der Waals surface area (Å²) in [5.41, 5.74) is -0.757. The highest BCUT2D eigenvalue weighted by atomic mass is 35.5. The number of hydrogen-bond acceptors (Lipinski definition) is 4. The van der Waals surface area contributed by atoms with E-state index in [1.54, 1.807) is 11.8 Å². The molecule has 0 aromatic heterocycles. The Morgan fingerprint density at radius 2 is 2.00 bits per heavy atom. The van der Waals surface area contributed by atoms with Crippen LogP contribution in [0, 0.1) is 10.1 Å². The fourth-order valence-corrected chi connectivity index (χ4v) is 2.41. The van der Waals surface area contributed by atoms with Gasteiger partial charge in [-0.15, -0.1) is 0 Å². The molecule has 0 radical (unpaired) electrons. The molecular weight excluding hydrogens is 284 g/mol. The lowest BCUT2D eigenvalue weighted by atomic mass is 9.93. The average Bonchev–Trinajstić information content (AvgIpc) is 2.37. The van der Waals surface area contributed by atoms with Crippen molar-refractivity contribution in [3.8, 4) is 0 Å². The number of aliphatic hydroxyl groups is 1. The molecular formula is C13H15ClN2O4. The van der Waals surface area contributed by atoms with Crippen molar-refractivity contribution in [2.24, 2.45) is 0 Å². The number of halogens is 1. The highest BCUT2D eigenvalue weighted by molar-refractivity contribution is 6.31. The molecule has 1 fully saturated rings. The molecule has 2 rings (SSSR count). The molecule has 1 amide bonds. The van der Waals surface area contributed by atoms with Crippen LogP contribution >= 0.6 is 11.6 Å². The van der Waals surface area contributed by atoms with Crippen LogP contribution in [0.4, 0.5) is 5.69 Å². The predicted molar refractivity (Wildman–Crippen MR) is 73.9 cm³/mol. The standard InChI is InChI=1S/C13H15ClN2O4/c1-13(18)2-4-15(5-3-13)12(17)9-6-10(14)8-11(7-9)16(19)20/h6-8,18H,2-5H2,1H3. The van der Waals surface area contributed by atoms with Crippen LogP contribution in [0.3, 0.4) is 0 Å². The van der Waals surface area contributed by atoms with Crippen LogP contribution in [0.25, 0.3) is 0 Å². The number of likely N-dealkylation sites (tertiary alicyclic amines) is 1. The van der Waals surface area contributed by atoms with E-state index in [1.165, 1.54) is 18.2 Å². The van der Waals surface area contributed by atoms with Gasteiger partial charge in [-0.2, -0.15) is 0 Å². The summed E-state index contributed by atoms with van der Waals surface area (Å²) in [4.78, 5) is 24.1. The van der Waals surface area contributed by atoms with Crippen LogP contribution in [-0.2, 0) is 0 Å². The molecule has 7 heteroatoms. The molecule has 0 bridgehead atoms. The fourth-order valence-electron chi connectivity index (χ4n) is 2.18. The Kier molecular flexibility index (Phi) is 3.96. The van der Waals surface area contributed by atoms with E-state index in [1.807, 2.05) is 0 Å². The molecule has 1 saturated heterocycles. The topological polar surface area (TPSA) is 83.7 Å². The molecule has 0 spiro atoms. The summed E-state index contributed by atoms with van der Waals surface area (Å²) in [6, 6.07) is 3.85. The number of hydrogen-bond donors (Lipinski definition) is 1. The van der Waals surface area contributed by atoms with E-state index < -0.39 is 10.5 Å². The van der Waals surface area contributed by atoms with Gasteiger partial charge in [0.25, 0.3) is 11.6 Å². The van der Waals surface area contributed by atoms with Gasteiger partial charge >= 0.3 is 0 Å². The molecule has 6 nitrogen and oxygen atoms in total. The van der Waals surface area contributed by atoms with Crippen LogP contribution in [0.2, 0.25) is 5.02 Å². The molecule has 108 valence electrons. The van der Waals surface area contributed by atoms with Gasteiger partial charge in [-0.25, -0.2) is 0 Å². The molecule has 0 saturated carbocycles. The molecule has 0 unspecified atom stereocenters. The Morgan fingerprint density at radius 1 is 1.40 bits per heavy atom. The minimum Gasteiger partial charge on any atom is -0.390 e. The van der Waals surface area contributed by atoms with Gasteiger partial charge in [0.2, 0.25) is 0 Å². The predicted octanol–water partition coefficient (Wildman–Crippen LogP) is 2.24. The Balaban J connectivity index is 2.19. The monoisotopic (exact) mass is 298 g/mol. The second kappa shape index (κ2) is 5.38. The lowest BCUT2D eigenvalue weighted by Gasteiger charge is -2.35. The minimum absolute atomic E-state index is 0.159. The van der Waals surface area contributed by atoms with Crippen LogP contribution < -0.4 is 0 Å². The Morgan fingerprint density at radius 3 is 2.55 bits per heavy atom. The van der Waals surface area contributed by atoms with Gasteiger partial charge in [-0.1, -0.05) is 11.6 Å². The second-order valence-electron chi connectivity index (χ2n) is 5.24. The van der Waals surface area contributed by atoms with Gasteiger partial charge in [-0.05, 0) is 25.8 Å². The SMILES string of the molecule is CC1(O)CCN(C(=O)c2cc(Cl)cc([N+](=O)[O-])c2)CC1. The molecule has 1 aliphatic rings. The van der Waals surface area contributed by atoms with Crippen LogP contribution in [0.15, 0.2) is 18.2 Å². The molecule has 1 heterocycles. The van der Waals surface area contributed by atoms with Crippen molar-refractivity contribution in [2.45, 2.75) is 25.4 Å². The van der Waals surface area contributed by atoms with E-state index in [-0.39, 0.29) is 22.2 Å². The van der Waals surface area contributed by atoms with Crippen molar-refractivity contribution < 1.29 is 14.8 Å². The third-order valence-electron chi connectivity index (χ3n) is 3.47. The summed E-state index contributed by atoms with van der Waals surface area (Å²) in [7, 11) is 0. The number of amides is 1. The molecule has 0 atom stereocenters. The molecule has 0 aliphatic carbocycles. The lowest BCUT2D eigenvalue weighted by molar-refractivity contribution is -0.384. The lowest BCUT2D eigenvalue weighted by Crippen LogP contribution is -2.45. The summed E-state index contributed by atoms with van der Waals surface area (Å²) in [6.45, 7) is 2.58. The fraction of sp³-hybridized carbons (Fsp3) is 0.462. The van der Waals surface area contributed by atoms with Crippen molar-refractivity contribution in [1.29, 1.82) is 0 Å². The van der Waals surface area contributed by atoms with Gasteiger partial charge in [0.05, 0.1) is 10.5 Å². The minimum atomic E-state index is -0.753. The zero-order valence-corrected chi connectivity index (χ0v) is 11.8. The van der Waals surface area contributed by atoms with E-state index >= 15 is 0 Å². The second-order valence-corrected chi connectivity index (χ2v) is 5.68. The first-order valence-corrected chi connectivity index (χ1v) is 6.63. The molecule has 1 aliphatic heterocycles. The number of benzene rings is 1. The van der Waals surface area contributed by atoms with E-state index in [4.69, 9.17) is 11.6 Å². The Bertz CT molecular complexity index is 549. The number of nitrogens with zero attached hydrogens (tertiary/aromatic N) is 2. The third-order valence-corrected chi connectivity index (χ3v) is 3.69. The Hall–Kier alpha value is -1.66. The van der Waals surface area contributed by atoms with E-state index in [9.17, 15) is 20.0 Å². The number of rotatable bonds is 2. The van der Waals surface area contributed by atoms with Gasteiger partial charge in [0.1, 0.15) is 0 Å². The summed E-state index contributed by atoms with van der Waals surface area (Å²) >= 11 is 5.81. The van der Waals surface area contributed by atoms with E-state index in [2.05, 4.69) is 0 Å². The zero-order chi connectivity index (χ0) is 14.9. The van der Waals surface area contributed by atoms with Crippen LogP contribution in [0.5, 0.6) is 0 Å². The molecule has 1 aromatic carbocycles. The van der Waals surface area contributed by atoms with Gasteiger partial charge in [-0.3, -0.25) is 14.9 Å². The molecule has 1 N–H and O–H groups in total. The maximum Gasteiger partial charge on any atom is 0.271 e. The largest absolute Gasteiger partial charge is 0.390 e. The number of carbonyl (C=O) groups excluding carboxylic acids is 1. The highest BCUT2D eigenvalue weighted by Gasteiger charge is 2.30. The quantitative estimate of drug-likeness (QED) is 0.670. The van der Waals surface area contributed by atoms with Crippen molar-refractivity contribution in [3.63, 3.8) is 0 Å². The normalized spacial score (nSPS) is 17.9. The van der Waals surface area contributed by atoms with Crippen LogP contribution in [0.1, 0.15) is 30.1 Å². The van der Waals surface area contributed by atoms with Crippen LogP contribution in [-0.4, -0.2) is 39.5 Å². The van der Waals surface area contributed by atoms with Gasteiger partial charge < -0.3 is 10.0 Å². The zero-order valence-electron chi connectivity index (χ0n) is 11.0. The first kappa shape index (κ1) is 14.7. The number of carbonyl (C=O) groups is 1. The maximum atomic E-state index is 12.3. The van der Waals surface area contributed by atoms with Gasteiger partial charge in [0.15, 0.2) is 0 Å². The Labute approximate surface area is 121 Å². The summed E-state index contributed by atoms with van der Waals surface area (Å²) in [6.07, 6.45) is 0.975. The number of non-ortho nitro benzene ring substituents is 1. The number of piperidine rings is 1. The van der Waals surface area contributed by atoms with E-state index in [0.29, 0.717) is 25.9 Å². The van der Waals surface area contributed by atoms with E-state index in [0.717, 1.165) is 0 Å². The van der Waals surface area contributed by atoms with Crippen molar-refractivity contribution >= 4 is 23.2 Å². The first-order chi connectivity index (χ1) is 9.28. The average molecular weight is 299 g/mol. The summed E-state index contributed by atoms with van der Waals surface area (Å²) in [5, 5.41) is 20.8. The van der Waals surface area contributed by atoms with Crippen molar-refractivity contribution in [2.75, 3.05) is 13.1 Å². The summed E-state index contributed by atoms with van der Waals surface area (Å²) in [5.74, 6) is -0.300. The summed E-state index contributed by atoms with van der Waals surface area (Å²) < 4.78 is 0. The number of nitro benzene ring substituents is 1. The smallest absolute Gasteiger partial charge is 0.271 e. The van der Waals surface area contributed by atoms with Gasteiger partial charge in [0, 0.05) is 35.8 Å². The van der Waals surface area contributed by atoms with Crippen molar-refractivity contribution in [1.82, 2.24) is 4.90 Å². The first-order valence-electron chi connectivity index (χ1n) is 6.25. The third kappa shape index (κ3) is 3.26. The number of nitro groups is 1. The molecule has 20 heavy (non-hydrogen) atoms.